The number of halogens is 4. The first-order chi connectivity index (χ1) is 19.9. The molecule has 0 bridgehead atoms. The molecule has 0 aliphatic carbocycles. The Morgan fingerprint density at radius 2 is 2.02 bits per heavy atom. The van der Waals surface area contributed by atoms with Crippen molar-refractivity contribution in [2.75, 3.05) is 50.6 Å². The molecule has 6 nitrogen and oxygen atoms in total. The summed E-state index contributed by atoms with van der Waals surface area (Å²) in [5.74, 6) is 6.39. The monoisotopic (exact) mass is 618 g/mol. The van der Waals surface area contributed by atoms with Gasteiger partial charge in [-0.05, 0) is 62.0 Å². The lowest BCUT2D eigenvalue weighted by Crippen LogP contribution is -2.46. The Morgan fingerprint density at radius 3 is 2.71 bits per heavy atom. The topological polar surface area (TPSA) is 70.4 Å². The van der Waals surface area contributed by atoms with Crippen LogP contribution in [0.15, 0.2) is 53.4 Å². The molecule has 0 saturated carbocycles. The van der Waals surface area contributed by atoms with Crippen molar-refractivity contribution in [3.8, 4) is 23.2 Å². The fourth-order valence-corrected chi connectivity index (χ4v) is 7.06. The number of aromatic nitrogens is 1. The molecule has 0 radical (unpaired) electrons. The van der Waals surface area contributed by atoms with Gasteiger partial charge >= 0.3 is 6.18 Å². The summed E-state index contributed by atoms with van der Waals surface area (Å²) < 4.78 is 74.4. The van der Waals surface area contributed by atoms with Gasteiger partial charge in [0.05, 0.1) is 40.5 Å². The van der Waals surface area contributed by atoms with Gasteiger partial charge in [-0.1, -0.05) is 24.0 Å². The first-order valence-electron chi connectivity index (χ1n) is 13.4. The molecule has 1 fully saturated rings. The van der Waals surface area contributed by atoms with Crippen molar-refractivity contribution in [3.63, 3.8) is 0 Å². The number of rotatable bonds is 7. The van der Waals surface area contributed by atoms with E-state index in [-0.39, 0.29) is 12.1 Å². The average Bonchev–Trinajstić information content (AvgIpc) is 3.56. The Balaban J connectivity index is 1.43. The number of oxazole rings is 1. The van der Waals surface area contributed by atoms with E-state index in [1.54, 1.807) is 55.9 Å². The summed E-state index contributed by atoms with van der Waals surface area (Å²) >= 11 is 1.18. The lowest BCUT2D eigenvalue weighted by molar-refractivity contribution is -0.126. The van der Waals surface area contributed by atoms with Crippen LogP contribution >= 0.6 is 18.5 Å². The van der Waals surface area contributed by atoms with E-state index in [9.17, 15) is 22.1 Å². The van der Waals surface area contributed by atoms with Crippen LogP contribution in [0.1, 0.15) is 16.9 Å². The minimum absolute atomic E-state index is 0.118. The number of likely N-dealkylation sites (tertiary alicyclic amines) is 1. The number of nitrogens with one attached hydrogen (secondary N) is 2. The number of thiophene rings is 1. The highest BCUT2D eigenvalue weighted by molar-refractivity contribution is 7.70. The first kappa shape index (κ1) is 30.1. The predicted octanol–water partition coefficient (Wildman–Crippen LogP) is 6.83. The fourth-order valence-electron chi connectivity index (χ4n) is 5.02. The van der Waals surface area contributed by atoms with E-state index in [0.29, 0.717) is 55.9 Å². The van der Waals surface area contributed by atoms with E-state index < -0.39 is 32.0 Å². The van der Waals surface area contributed by atoms with Crippen molar-refractivity contribution < 1.29 is 26.5 Å². The third-order valence-electron chi connectivity index (χ3n) is 7.17. The first-order valence-corrected chi connectivity index (χ1v) is 16.8. The summed E-state index contributed by atoms with van der Waals surface area (Å²) in [4.78, 5) is 6.21. The molecular formula is C30H31F4N4O2PS. The van der Waals surface area contributed by atoms with Crippen LogP contribution in [0, 0.1) is 11.8 Å². The van der Waals surface area contributed by atoms with Gasteiger partial charge in [-0.2, -0.15) is 13.2 Å². The van der Waals surface area contributed by atoms with Crippen LogP contribution in [0.25, 0.3) is 21.4 Å². The molecule has 4 aromatic rings. The van der Waals surface area contributed by atoms with Crippen molar-refractivity contribution in [1.82, 2.24) is 9.88 Å². The Hall–Kier alpha value is -3.32. The molecule has 12 heteroatoms. The molecule has 1 aliphatic rings. The van der Waals surface area contributed by atoms with Crippen molar-refractivity contribution in [3.05, 3.63) is 59.4 Å². The Bertz CT molecular complexity index is 1670. The second kappa shape index (κ2) is 12.1. The number of alkyl halides is 4. The van der Waals surface area contributed by atoms with Crippen molar-refractivity contribution in [1.29, 1.82) is 0 Å². The van der Waals surface area contributed by atoms with E-state index in [2.05, 4.69) is 27.5 Å². The molecule has 0 amide bonds. The molecule has 2 aromatic carbocycles. The Morgan fingerprint density at radius 1 is 1.21 bits per heavy atom. The molecule has 0 unspecified atom stereocenters. The third kappa shape index (κ3) is 7.00. The quantitative estimate of drug-likeness (QED) is 0.135. The standard InChI is InChI=1S/C30H31F4N4O2PS/c1-38-13-11-25(23(31)17-38)37-26-7-4-6-20-22(15-30(32,33)34)28(42-29(20)26)8-5-12-36-24-10-9-19(41(2,3)39)14-21(24)27-16-35-18-40-27/h4,6-7,9-10,14,16,18,23,25,36-37H,11-13,15,17H2,1-3H3/t23-,25+/m0/s1. The van der Waals surface area contributed by atoms with Crippen LogP contribution in [0.3, 0.4) is 0 Å². The van der Waals surface area contributed by atoms with Crippen LogP contribution in [0.5, 0.6) is 0 Å². The zero-order valence-electron chi connectivity index (χ0n) is 23.4. The van der Waals surface area contributed by atoms with Gasteiger partial charge in [-0.15, -0.1) is 11.3 Å². The van der Waals surface area contributed by atoms with Gasteiger partial charge in [0.2, 0.25) is 0 Å². The number of benzene rings is 2. The van der Waals surface area contributed by atoms with Crippen LogP contribution in [-0.4, -0.2) is 68.3 Å². The smallest absolute Gasteiger partial charge is 0.393 e. The lowest BCUT2D eigenvalue weighted by atomic mass is 10.0. The van der Waals surface area contributed by atoms with Gasteiger partial charge in [0.1, 0.15) is 13.3 Å². The highest BCUT2D eigenvalue weighted by Gasteiger charge is 2.32. The molecule has 0 spiro atoms. The average molecular weight is 619 g/mol. The number of hydrogen-bond donors (Lipinski definition) is 2. The summed E-state index contributed by atoms with van der Waals surface area (Å²) in [6, 6.07) is 10.0. The number of fused-ring (bicyclic) bond motifs is 1. The van der Waals surface area contributed by atoms with Gasteiger partial charge in [0, 0.05) is 29.6 Å². The highest BCUT2D eigenvalue weighted by atomic mass is 32.1. The predicted molar refractivity (Wildman–Crippen MR) is 162 cm³/mol. The fraction of sp³-hybridized carbons (Fsp3) is 0.367. The van der Waals surface area contributed by atoms with E-state index in [1.165, 1.54) is 17.7 Å². The summed E-state index contributed by atoms with van der Waals surface area (Å²) in [5.41, 5.74) is 2.05. The minimum atomic E-state index is -4.42. The minimum Gasteiger partial charge on any atom is -0.443 e. The van der Waals surface area contributed by atoms with Gasteiger partial charge in [0.15, 0.2) is 12.2 Å². The van der Waals surface area contributed by atoms with Crippen molar-refractivity contribution >= 4 is 45.2 Å². The maximum atomic E-state index is 14.7. The van der Waals surface area contributed by atoms with Crippen LogP contribution in [0.2, 0.25) is 0 Å². The molecule has 1 aliphatic heterocycles. The maximum absolute atomic E-state index is 14.7. The second-order valence-corrected chi connectivity index (χ2v) is 15.0. The van der Waals surface area contributed by atoms with Crippen molar-refractivity contribution in [2.24, 2.45) is 0 Å². The summed E-state index contributed by atoms with van der Waals surface area (Å²) in [5, 5.41) is 7.60. The SMILES string of the molecule is CN1CC[C@@H](Nc2cccc3c(CC(F)(F)F)c(C#CCNc4ccc(P(C)(C)=O)cc4-c4cnco4)sc23)[C@@H](F)C1. The molecule has 5 rings (SSSR count). The largest absolute Gasteiger partial charge is 0.443 e. The van der Waals surface area contributed by atoms with Crippen LogP contribution in [-0.2, 0) is 11.0 Å². The van der Waals surface area contributed by atoms with Crippen molar-refractivity contribution in [2.45, 2.75) is 31.2 Å². The number of nitrogens with zero attached hydrogens (tertiary/aromatic N) is 2. The molecule has 3 heterocycles. The van der Waals surface area contributed by atoms with Crippen LogP contribution in [0.4, 0.5) is 28.9 Å². The number of hydrogen-bond acceptors (Lipinski definition) is 7. The zero-order valence-corrected chi connectivity index (χ0v) is 25.1. The summed E-state index contributed by atoms with van der Waals surface area (Å²) in [7, 11) is -0.669. The van der Waals surface area contributed by atoms with E-state index in [1.807, 2.05) is 11.9 Å². The summed E-state index contributed by atoms with van der Waals surface area (Å²) in [6.07, 6.45) is -3.17. The highest BCUT2D eigenvalue weighted by Crippen LogP contribution is 2.40. The molecular weight excluding hydrogens is 587 g/mol. The normalized spacial score (nSPS) is 18.1. The molecule has 2 aromatic heterocycles. The van der Waals surface area contributed by atoms with Gasteiger partial charge in [0.25, 0.3) is 0 Å². The number of piperidine rings is 1. The molecule has 222 valence electrons. The molecule has 42 heavy (non-hydrogen) atoms. The Kier molecular flexibility index (Phi) is 8.70. The molecule has 2 N–H and O–H groups in total. The molecule has 1 saturated heterocycles. The van der Waals surface area contributed by atoms with Gasteiger partial charge < -0.3 is 24.5 Å². The Labute approximate surface area is 245 Å². The lowest BCUT2D eigenvalue weighted by Gasteiger charge is -2.33. The second-order valence-electron chi connectivity index (χ2n) is 10.8. The van der Waals surface area contributed by atoms with E-state index >= 15 is 0 Å². The number of anilines is 2. The third-order valence-corrected chi connectivity index (χ3v) is 9.89. The van der Waals surface area contributed by atoms with E-state index in [0.717, 1.165) is 6.54 Å². The molecule has 2 atom stereocenters. The zero-order chi connectivity index (χ0) is 30.1. The maximum Gasteiger partial charge on any atom is 0.393 e. The van der Waals surface area contributed by atoms with Crippen LogP contribution < -0.4 is 15.9 Å². The van der Waals surface area contributed by atoms with E-state index in [4.69, 9.17) is 4.42 Å². The summed E-state index contributed by atoms with van der Waals surface area (Å²) in [6.45, 7) is 4.54. The van der Waals surface area contributed by atoms with Gasteiger partial charge in [-0.3, -0.25) is 0 Å². The van der Waals surface area contributed by atoms with Gasteiger partial charge in [-0.25, -0.2) is 9.37 Å².